The van der Waals surface area contributed by atoms with Crippen molar-refractivity contribution in [2.24, 2.45) is 29.1 Å². The molecule has 7 atom stereocenters. The molecule has 3 saturated carbocycles. The van der Waals surface area contributed by atoms with E-state index in [4.69, 9.17) is 18.6 Å². The van der Waals surface area contributed by atoms with Gasteiger partial charge in [-0.25, -0.2) is 0 Å². The Morgan fingerprint density at radius 3 is 2.73 bits per heavy atom. The van der Waals surface area contributed by atoms with E-state index in [-0.39, 0.29) is 42.1 Å². The molecule has 0 bridgehead atoms. The molecule has 164 valence electrons. The van der Waals surface area contributed by atoms with Gasteiger partial charge in [-0.3, -0.25) is 14.4 Å². The third-order valence-corrected chi connectivity index (χ3v) is 7.82. The number of carbonyl (C=O) groups is 3. The summed E-state index contributed by atoms with van der Waals surface area (Å²) in [5, 5.41) is 0. The van der Waals surface area contributed by atoms with Crippen molar-refractivity contribution in [3.05, 3.63) is 24.2 Å². The highest BCUT2D eigenvalue weighted by Gasteiger charge is 2.62. The molecule has 0 radical (unpaired) electrons. The van der Waals surface area contributed by atoms with Crippen molar-refractivity contribution in [1.82, 2.24) is 0 Å². The Kier molecular flexibility index (Phi) is 5.86. The van der Waals surface area contributed by atoms with Crippen LogP contribution in [0.5, 0.6) is 0 Å². The molecule has 4 rings (SSSR count). The first-order valence-electron chi connectivity index (χ1n) is 10.7. The van der Waals surface area contributed by atoms with Crippen LogP contribution in [0.2, 0.25) is 0 Å². The standard InChI is InChI=1S/C23H30O7/c1-23-6-4-15-16(8-14(9-18(15)24)13-5-7-29-11-13)20(23)21(25)19(30-12-27-2)10-17(23)22(26)28-3/h5,7,11,14-17,19-20H,4,6,8-10,12H2,1-3H3/t14-,15-,16+,17+,19+,20+,23+/m1/s1. The number of ketones is 2. The smallest absolute Gasteiger partial charge is 0.309 e. The van der Waals surface area contributed by atoms with Gasteiger partial charge in [-0.05, 0) is 54.6 Å². The van der Waals surface area contributed by atoms with Gasteiger partial charge in [0.05, 0.1) is 25.6 Å². The molecule has 0 aliphatic heterocycles. The van der Waals surface area contributed by atoms with E-state index in [1.54, 1.807) is 12.5 Å². The lowest BCUT2D eigenvalue weighted by Gasteiger charge is -2.56. The summed E-state index contributed by atoms with van der Waals surface area (Å²) in [5.74, 6) is -1.20. The first-order chi connectivity index (χ1) is 14.4. The van der Waals surface area contributed by atoms with Crippen LogP contribution < -0.4 is 0 Å². The minimum atomic E-state index is -0.727. The maximum atomic E-state index is 13.6. The molecule has 30 heavy (non-hydrogen) atoms. The second kappa shape index (κ2) is 8.27. The zero-order chi connectivity index (χ0) is 21.5. The predicted octanol–water partition coefficient (Wildman–Crippen LogP) is 3.13. The highest BCUT2D eigenvalue weighted by atomic mass is 16.7. The molecule has 0 amide bonds. The third-order valence-electron chi connectivity index (χ3n) is 7.82. The maximum absolute atomic E-state index is 13.6. The number of ether oxygens (including phenoxy) is 3. The van der Waals surface area contributed by atoms with Crippen molar-refractivity contribution < 1.29 is 33.0 Å². The number of fused-ring (bicyclic) bond motifs is 3. The quantitative estimate of drug-likeness (QED) is 0.536. The Hall–Kier alpha value is -1.99. The molecule has 0 aromatic carbocycles. The summed E-state index contributed by atoms with van der Waals surface area (Å²) in [5.41, 5.74) is 0.450. The lowest BCUT2D eigenvalue weighted by molar-refractivity contribution is -0.185. The van der Waals surface area contributed by atoms with E-state index in [0.29, 0.717) is 25.7 Å². The van der Waals surface area contributed by atoms with Gasteiger partial charge in [0, 0.05) is 25.4 Å². The number of esters is 1. The summed E-state index contributed by atoms with van der Waals surface area (Å²) in [4.78, 5) is 39.4. The van der Waals surface area contributed by atoms with Crippen LogP contribution in [0.25, 0.3) is 0 Å². The average Bonchev–Trinajstić information content (AvgIpc) is 3.27. The fraction of sp³-hybridized carbons (Fsp3) is 0.696. The normalized spacial score (nSPS) is 38.6. The summed E-state index contributed by atoms with van der Waals surface area (Å²) in [7, 11) is 2.88. The number of furan rings is 1. The second-order valence-electron chi connectivity index (χ2n) is 9.23. The summed E-state index contributed by atoms with van der Waals surface area (Å²) >= 11 is 0. The van der Waals surface area contributed by atoms with Crippen molar-refractivity contribution in [3.8, 4) is 0 Å². The number of methoxy groups -OCH3 is 2. The van der Waals surface area contributed by atoms with Gasteiger partial charge in [-0.15, -0.1) is 0 Å². The first kappa shape index (κ1) is 21.2. The lowest BCUT2D eigenvalue weighted by Crippen LogP contribution is -2.60. The summed E-state index contributed by atoms with van der Waals surface area (Å²) < 4.78 is 21.1. The Labute approximate surface area is 176 Å². The van der Waals surface area contributed by atoms with Crippen LogP contribution in [0.3, 0.4) is 0 Å². The molecular formula is C23H30O7. The molecule has 3 fully saturated rings. The number of Topliss-reactive ketones (excluding diaryl/α,β-unsaturated/α-hetero) is 2. The fourth-order valence-electron chi connectivity index (χ4n) is 6.36. The van der Waals surface area contributed by atoms with Gasteiger partial charge < -0.3 is 18.6 Å². The molecule has 0 spiro atoms. The largest absolute Gasteiger partial charge is 0.472 e. The average molecular weight is 418 g/mol. The number of hydrogen-bond acceptors (Lipinski definition) is 7. The summed E-state index contributed by atoms with van der Waals surface area (Å²) in [6.07, 6.45) is 5.43. The van der Waals surface area contributed by atoms with E-state index < -0.39 is 23.4 Å². The molecule has 1 aromatic heterocycles. The van der Waals surface area contributed by atoms with Gasteiger partial charge in [0.1, 0.15) is 18.7 Å². The molecule has 3 aliphatic rings. The molecular weight excluding hydrogens is 388 g/mol. The van der Waals surface area contributed by atoms with Crippen molar-refractivity contribution in [2.75, 3.05) is 21.0 Å². The Balaban J connectivity index is 1.70. The van der Waals surface area contributed by atoms with E-state index in [1.165, 1.54) is 14.2 Å². The molecule has 0 unspecified atom stereocenters. The van der Waals surface area contributed by atoms with Crippen LogP contribution in [0.15, 0.2) is 23.0 Å². The predicted molar refractivity (Wildman–Crippen MR) is 105 cm³/mol. The highest BCUT2D eigenvalue weighted by molar-refractivity contribution is 5.92. The van der Waals surface area contributed by atoms with E-state index >= 15 is 0 Å². The summed E-state index contributed by atoms with van der Waals surface area (Å²) in [6, 6.07) is 1.89. The molecule has 1 aromatic rings. The molecule has 7 nitrogen and oxygen atoms in total. The molecule has 7 heteroatoms. The monoisotopic (exact) mass is 418 g/mol. The van der Waals surface area contributed by atoms with Crippen LogP contribution in [0.4, 0.5) is 0 Å². The molecule has 0 saturated heterocycles. The van der Waals surface area contributed by atoms with Crippen LogP contribution in [0.1, 0.15) is 50.5 Å². The molecule has 3 aliphatic carbocycles. The van der Waals surface area contributed by atoms with Gasteiger partial charge >= 0.3 is 5.97 Å². The highest BCUT2D eigenvalue weighted by Crippen LogP contribution is 2.60. The molecule has 1 heterocycles. The Morgan fingerprint density at radius 1 is 1.27 bits per heavy atom. The van der Waals surface area contributed by atoms with Crippen molar-refractivity contribution in [1.29, 1.82) is 0 Å². The fourth-order valence-corrected chi connectivity index (χ4v) is 6.36. The molecule has 0 N–H and O–H groups in total. The minimum Gasteiger partial charge on any atom is -0.472 e. The topological polar surface area (TPSA) is 92.0 Å². The van der Waals surface area contributed by atoms with Crippen molar-refractivity contribution in [3.63, 3.8) is 0 Å². The number of carbonyl (C=O) groups excluding carboxylic acids is 3. The minimum absolute atomic E-state index is 0.00922. The zero-order valence-electron chi connectivity index (χ0n) is 17.8. The first-order valence-corrected chi connectivity index (χ1v) is 10.7. The Morgan fingerprint density at radius 2 is 2.07 bits per heavy atom. The van der Waals surface area contributed by atoms with Crippen molar-refractivity contribution >= 4 is 17.5 Å². The number of rotatable bonds is 5. The second-order valence-corrected chi connectivity index (χ2v) is 9.23. The summed E-state index contributed by atoms with van der Waals surface area (Å²) in [6.45, 7) is 2.00. The van der Waals surface area contributed by atoms with E-state index in [0.717, 1.165) is 12.0 Å². The van der Waals surface area contributed by atoms with Crippen LogP contribution in [0, 0.1) is 29.1 Å². The SMILES string of the molecule is COCO[C@H]1C[C@@H](C(=O)OC)[C@]2(C)CC[C@H]3C(=O)C[C@H](c4ccoc4)C[C@@H]3[C@H]2C1=O. The van der Waals surface area contributed by atoms with Crippen molar-refractivity contribution in [2.45, 2.75) is 51.0 Å². The third kappa shape index (κ3) is 3.42. The zero-order valence-corrected chi connectivity index (χ0v) is 17.8. The maximum Gasteiger partial charge on any atom is 0.309 e. The van der Waals surface area contributed by atoms with Crippen LogP contribution >= 0.6 is 0 Å². The van der Waals surface area contributed by atoms with Gasteiger partial charge in [0.25, 0.3) is 0 Å². The van der Waals surface area contributed by atoms with E-state index in [2.05, 4.69) is 0 Å². The van der Waals surface area contributed by atoms with Gasteiger partial charge in [-0.2, -0.15) is 0 Å². The van der Waals surface area contributed by atoms with Crippen LogP contribution in [-0.4, -0.2) is 44.7 Å². The van der Waals surface area contributed by atoms with Gasteiger partial charge in [0.2, 0.25) is 0 Å². The lowest BCUT2D eigenvalue weighted by atomic mass is 9.46. The van der Waals surface area contributed by atoms with E-state index in [9.17, 15) is 14.4 Å². The Bertz CT molecular complexity index is 800. The van der Waals surface area contributed by atoms with Gasteiger partial charge in [0.15, 0.2) is 5.78 Å². The van der Waals surface area contributed by atoms with Crippen LogP contribution in [-0.2, 0) is 28.6 Å². The number of hydrogen-bond donors (Lipinski definition) is 0. The van der Waals surface area contributed by atoms with Gasteiger partial charge in [-0.1, -0.05) is 6.92 Å². The van der Waals surface area contributed by atoms with E-state index in [1.807, 2.05) is 13.0 Å².